The molecule has 2 heterocycles. The first-order valence-corrected chi connectivity index (χ1v) is 10.4. The number of nitrogens with zero attached hydrogens (tertiary/aromatic N) is 1. The molecule has 6 heteroatoms. The van der Waals surface area contributed by atoms with Crippen LogP contribution in [0.25, 0.3) is 0 Å². The Morgan fingerprint density at radius 1 is 1.07 bits per heavy atom. The van der Waals surface area contributed by atoms with E-state index >= 15 is 0 Å². The maximum Gasteiger partial charge on any atom is 0.490 e. The Morgan fingerprint density at radius 2 is 1.63 bits per heavy atom. The molecule has 3 rings (SSSR count). The number of allylic oxidation sites excluding steroid dienone is 2. The van der Waals surface area contributed by atoms with Crippen molar-refractivity contribution in [3.8, 4) is 0 Å². The van der Waals surface area contributed by atoms with Gasteiger partial charge in [0.05, 0.1) is 11.2 Å². The average Bonchev–Trinajstić information content (AvgIpc) is 2.75. The largest absolute Gasteiger partial charge is 0.490 e. The zero-order valence-electron chi connectivity index (χ0n) is 18.2. The Balaban J connectivity index is 1.56. The van der Waals surface area contributed by atoms with Crippen molar-refractivity contribution >= 4 is 13.2 Å². The Hall–Kier alpha value is -1.01. The van der Waals surface area contributed by atoms with Gasteiger partial charge in [-0.3, -0.25) is 0 Å². The summed E-state index contributed by atoms with van der Waals surface area (Å²) < 4.78 is 17.9. The van der Waals surface area contributed by atoms with Crippen molar-refractivity contribution in [1.82, 2.24) is 4.90 Å². The Bertz CT molecular complexity index is 596. The van der Waals surface area contributed by atoms with E-state index in [-0.39, 0.29) is 24.4 Å². The van der Waals surface area contributed by atoms with E-state index < -0.39 is 5.60 Å². The molecule has 1 amide bonds. The molecular weight excluding hydrogens is 341 g/mol. The lowest BCUT2D eigenvalue weighted by molar-refractivity contribution is 0.00578. The van der Waals surface area contributed by atoms with Crippen LogP contribution in [0.1, 0.15) is 80.6 Å². The SMILES string of the molecule is CC(C)(C)OC(=O)N1CCC2(CC=C(B3OC(C)(C)C(C)(C)O3)CC2)CC1. The summed E-state index contributed by atoms with van der Waals surface area (Å²) in [6.45, 7) is 15.7. The van der Waals surface area contributed by atoms with Crippen LogP contribution in [0.3, 0.4) is 0 Å². The summed E-state index contributed by atoms with van der Waals surface area (Å²) >= 11 is 0. The third-order valence-electron chi connectivity index (χ3n) is 6.77. The van der Waals surface area contributed by atoms with Gasteiger partial charge in [-0.1, -0.05) is 6.08 Å². The van der Waals surface area contributed by atoms with E-state index in [1.807, 2.05) is 25.7 Å². The molecule has 0 aromatic carbocycles. The zero-order valence-corrected chi connectivity index (χ0v) is 18.2. The van der Waals surface area contributed by atoms with Crippen molar-refractivity contribution in [1.29, 1.82) is 0 Å². The lowest BCUT2D eigenvalue weighted by Gasteiger charge is -2.43. The number of rotatable bonds is 1. The van der Waals surface area contributed by atoms with Crippen LogP contribution in [0.4, 0.5) is 4.79 Å². The second-order valence-electron chi connectivity index (χ2n) is 10.5. The van der Waals surface area contributed by atoms with Gasteiger partial charge < -0.3 is 18.9 Å². The molecule has 27 heavy (non-hydrogen) atoms. The number of piperidine rings is 1. The second kappa shape index (κ2) is 6.80. The summed E-state index contributed by atoms with van der Waals surface area (Å²) in [5, 5.41) is 0. The first-order chi connectivity index (χ1) is 12.3. The summed E-state index contributed by atoms with van der Waals surface area (Å²) in [6.07, 6.45) is 7.46. The lowest BCUT2D eigenvalue weighted by atomic mass is 9.63. The topological polar surface area (TPSA) is 48.0 Å². The molecule has 0 radical (unpaired) electrons. The number of carbonyl (C=O) groups is 1. The molecule has 0 unspecified atom stereocenters. The number of amides is 1. The average molecular weight is 377 g/mol. The fraction of sp³-hybridized carbons (Fsp3) is 0.857. The molecule has 1 aliphatic carbocycles. The number of hydrogen-bond acceptors (Lipinski definition) is 4. The van der Waals surface area contributed by atoms with Gasteiger partial charge in [-0.25, -0.2) is 4.79 Å². The minimum atomic E-state index is -0.433. The molecule has 0 aromatic heterocycles. The molecule has 0 N–H and O–H groups in total. The maximum absolute atomic E-state index is 12.3. The van der Waals surface area contributed by atoms with Gasteiger partial charge in [0, 0.05) is 13.1 Å². The highest BCUT2D eigenvalue weighted by Gasteiger charge is 2.53. The van der Waals surface area contributed by atoms with Crippen molar-refractivity contribution in [3.05, 3.63) is 11.5 Å². The van der Waals surface area contributed by atoms with Crippen molar-refractivity contribution in [2.75, 3.05) is 13.1 Å². The lowest BCUT2D eigenvalue weighted by Crippen LogP contribution is -2.45. The summed E-state index contributed by atoms with van der Waals surface area (Å²) in [7, 11) is -0.214. The maximum atomic E-state index is 12.3. The molecule has 3 aliphatic rings. The first kappa shape index (κ1) is 20.7. The quantitative estimate of drug-likeness (QED) is 0.619. The highest BCUT2D eigenvalue weighted by molar-refractivity contribution is 6.54. The van der Waals surface area contributed by atoms with Gasteiger partial charge in [0.15, 0.2) is 0 Å². The normalized spacial score (nSPS) is 26.9. The van der Waals surface area contributed by atoms with E-state index in [2.05, 4.69) is 33.8 Å². The smallest absolute Gasteiger partial charge is 0.444 e. The highest BCUT2D eigenvalue weighted by atomic mass is 16.7. The summed E-state index contributed by atoms with van der Waals surface area (Å²) in [5.74, 6) is 0. The minimum Gasteiger partial charge on any atom is -0.444 e. The second-order valence-corrected chi connectivity index (χ2v) is 10.5. The van der Waals surface area contributed by atoms with Crippen molar-refractivity contribution in [2.45, 2.75) is 97.4 Å². The van der Waals surface area contributed by atoms with Gasteiger partial charge in [0.1, 0.15) is 5.60 Å². The first-order valence-electron chi connectivity index (χ1n) is 10.4. The van der Waals surface area contributed by atoms with E-state index in [4.69, 9.17) is 14.0 Å². The fourth-order valence-electron chi connectivity index (χ4n) is 4.11. The van der Waals surface area contributed by atoms with Gasteiger partial charge in [0.25, 0.3) is 0 Å². The third kappa shape index (κ3) is 4.37. The fourth-order valence-corrected chi connectivity index (χ4v) is 4.11. The Morgan fingerprint density at radius 3 is 2.07 bits per heavy atom. The summed E-state index contributed by atoms with van der Waals surface area (Å²) in [4.78, 5) is 14.2. The van der Waals surface area contributed by atoms with Crippen molar-refractivity contribution < 1.29 is 18.8 Å². The molecule has 1 spiro atoms. The van der Waals surface area contributed by atoms with Crippen molar-refractivity contribution in [3.63, 3.8) is 0 Å². The van der Waals surface area contributed by atoms with Crippen LogP contribution in [-0.2, 0) is 14.0 Å². The van der Waals surface area contributed by atoms with Crippen LogP contribution in [0.2, 0.25) is 0 Å². The predicted molar refractivity (Wildman–Crippen MR) is 107 cm³/mol. The Labute approximate surface area is 164 Å². The van der Waals surface area contributed by atoms with Gasteiger partial charge in [0.2, 0.25) is 0 Å². The van der Waals surface area contributed by atoms with E-state index in [0.29, 0.717) is 5.41 Å². The van der Waals surface area contributed by atoms with Gasteiger partial charge in [-0.2, -0.15) is 0 Å². The van der Waals surface area contributed by atoms with E-state index in [0.717, 1.165) is 45.2 Å². The van der Waals surface area contributed by atoms with Crippen LogP contribution in [0.15, 0.2) is 11.5 Å². The minimum absolute atomic E-state index is 0.179. The standard InChI is InChI=1S/C21H36BNO4/c1-18(2,3)25-17(24)23-14-12-21(13-15-23)10-8-16(9-11-21)22-26-19(4,5)20(6,7)27-22/h8H,9-15H2,1-7H3. The molecule has 0 saturated carbocycles. The molecule has 2 aliphatic heterocycles. The Kier molecular flexibility index (Phi) is 5.22. The van der Waals surface area contributed by atoms with Crippen LogP contribution in [0, 0.1) is 5.41 Å². The zero-order chi connectivity index (χ0) is 20.1. The molecule has 2 saturated heterocycles. The van der Waals surface area contributed by atoms with Gasteiger partial charge in [-0.05, 0) is 91.5 Å². The van der Waals surface area contributed by atoms with E-state index in [9.17, 15) is 4.79 Å². The number of ether oxygens (including phenoxy) is 1. The predicted octanol–water partition coefficient (Wildman–Crippen LogP) is 4.75. The van der Waals surface area contributed by atoms with Gasteiger partial charge in [-0.15, -0.1) is 0 Å². The molecule has 2 fully saturated rings. The number of hydrogen-bond donors (Lipinski definition) is 0. The molecule has 5 nitrogen and oxygen atoms in total. The van der Waals surface area contributed by atoms with Crippen molar-refractivity contribution in [2.24, 2.45) is 5.41 Å². The summed E-state index contributed by atoms with van der Waals surface area (Å²) in [6, 6.07) is 0. The van der Waals surface area contributed by atoms with Gasteiger partial charge >= 0.3 is 13.2 Å². The molecular formula is C21H36BNO4. The molecule has 152 valence electrons. The monoisotopic (exact) mass is 377 g/mol. The van der Waals surface area contributed by atoms with E-state index in [1.54, 1.807) is 0 Å². The van der Waals surface area contributed by atoms with Crippen LogP contribution >= 0.6 is 0 Å². The van der Waals surface area contributed by atoms with Crippen LogP contribution < -0.4 is 0 Å². The highest BCUT2D eigenvalue weighted by Crippen LogP contribution is 2.47. The van der Waals surface area contributed by atoms with Crippen LogP contribution in [-0.4, -0.2) is 48.0 Å². The molecule has 0 bridgehead atoms. The van der Waals surface area contributed by atoms with Crippen LogP contribution in [0.5, 0.6) is 0 Å². The molecule has 0 aromatic rings. The third-order valence-corrected chi connectivity index (χ3v) is 6.77. The molecule has 0 atom stereocenters. The number of carbonyl (C=O) groups excluding carboxylic acids is 1. The van der Waals surface area contributed by atoms with E-state index in [1.165, 1.54) is 5.47 Å². The summed E-state index contributed by atoms with van der Waals surface area (Å²) in [5.41, 5.74) is 0.593. The number of likely N-dealkylation sites (tertiary alicyclic amines) is 1.